The highest BCUT2D eigenvalue weighted by atomic mass is 16.5. The first-order valence-corrected chi connectivity index (χ1v) is 12.0. The molecule has 1 N–H and O–H groups in total. The number of imidazole rings is 1. The van der Waals surface area contributed by atoms with Gasteiger partial charge in [0.1, 0.15) is 18.5 Å². The zero-order valence-electron chi connectivity index (χ0n) is 20.8. The van der Waals surface area contributed by atoms with Crippen molar-refractivity contribution in [1.82, 2.24) is 9.55 Å². The van der Waals surface area contributed by atoms with Crippen LogP contribution in [-0.4, -0.2) is 40.3 Å². The van der Waals surface area contributed by atoms with Gasteiger partial charge in [-0.1, -0.05) is 67.6 Å². The minimum absolute atomic E-state index is 0.0469. The Labute approximate surface area is 206 Å². The lowest BCUT2D eigenvalue weighted by Crippen LogP contribution is -2.44. The number of fused-ring (bicyclic) bond motifs is 1. The molecule has 0 saturated carbocycles. The van der Waals surface area contributed by atoms with E-state index in [1.807, 2.05) is 90.0 Å². The van der Waals surface area contributed by atoms with Crippen LogP contribution in [0.3, 0.4) is 0 Å². The van der Waals surface area contributed by atoms with Gasteiger partial charge in [-0.3, -0.25) is 4.79 Å². The predicted octanol–water partition coefficient (Wildman–Crippen LogP) is 5.06. The van der Waals surface area contributed by atoms with Crippen molar-refractivity contribution < 1.29 is 14.6 Å². The molecule has 2 atom stereocenters. The number of aryl methyl sites for hydroxylation is 2. The first-order valence-electron chi connectivity index (χ1n) is 12.0. The van der Waals surface area contributed by atoms with Crippen molar-refractivity contribution >= 4 is 22.6 Å². The molecule has 0 bridgehead atoms. The normalized spacial score (nSPS) is 13.1. The summed E-state index contributed by atoms with van der Waals surface area (Å²) in [6, 6.07) is 23.0. The van der Waals surface area contributed by atoms with E-state index >= 15 is 0 Å². The van der Waals surface area contributed by atoms with Gasteiger partial charge in [0.25, 0.3) is 0 Å². The number of benzene rings is 3. The summed E-state index contributed by atoms with van der Waals surface area (Å²) in [5, 5.41) is 11.2. The second-order valence-electron chi connectivity index (χ2n) is 8.86. The number of hydrogen-bond donors (Lipinski definition) is 1. The zero-order valence-corrected chi connectivity index (χ0v) is 20.8. The SMILES string of the molecule is CCc1cccc(C)c1N(C(=O)Cn1c([C@@H](O)c2ccccc2)nc2ccccc21)[C@@H](C)COC. The smallest absolute Gasteiger partial charge is 0.247 e. The minimum Gasteiger partial charge on any atom is -0.383 e. The van der Waals surface area contributed by atoms with E-state index in [1.165, 1.54) is 0 Å². The van der Waals surface area contributed by atoms with E-state index in [2.05, 4.69) is 13.0 Å². The molecule has 0 aliphatic carbocycles. The molecular formula is C29H33N3O3. The van der Waals surface area contributed by atoms with Crippen LogP contribution in [0.2, 0.25) is 0 Å². The van der Waals surface area contributed by atoms with Crippen LogP contribution in [0.15, 0.2) is 72.8 Å². The molecule has 0 aliphatic rings. The summed E-state index contributed by atoms with van der Waals surface area (Å²) in [6.07, 6.45) is -0.141. The lowest BCUT2D eigenvalue weighted by molar-refractivity contribution is -0.119. The van der Waals surface area contributed by atoms with E-state index in [-0.39, 0.29) is 18.5 Å². The summed E-state index contributed by atoms with van der Waals surface area (Å²) in [4.78, 5) is 20.6. The van der Waals surface area contributed by atoms with Gasteiger partial charge in [-0.05, 0) is 49.1 Å². The molecule has 1 heterocycles. The number of hydrogen-bond acceptors (Lipinski definition) is 4. The van der Waals surface area contributed by atoms with Crippen molar-refractivity contribution in [1.29, 1.82) is 0 Å². The monoisotopic (exact) mass is 471 g/mol. The highest BCUT2D eigenvalue weighted by molar-refractivity contribution is 5.96. The molecule has 0 saturated heterocycles. The predicted molar refractivity (Wildman–Crippen MR) is 140 cm³/mol. The van der Waals surface area contributed by atoms with E-state index in [0.717, 1.165) is 39.8 Å². The van der Waals surface area contributed by atoms with E-state index in [4.69, 9.17) is 9.72 Å². The molecule has 3 aromatic carbocycles. The van der Waals surface area contributed by atoms with Gasteiger partial charge in [0.15, 0.2) is 0 Å². The third-order valence-corrected chi connectivity index (χ3v) is 6.40. The molecule has 0 radical (unpaired) electrons. The average Bonchev–Trinajstić information content (AvgIpc) is 3.23. The molecule has 0 unspecified atom stereocenters. The third kappa shape index (κ3) is 4.99. The second-order valence-corrected chi connectivity index (χ2v) is 8.86. The number of rotatable bonds is 9. The van der Waals surface area contributed by atoms with E-state index in [0.29, 0.717) is 12.4 Å². The van der Waals surface area contributed by atoms with Crippen LogP contribution >= 0.6 is 0 Å². The summed E-state index contributed by atoms with van der Waals surface area (Å²) >= 11 is 0. The fourth-order valence-corrected chi connectivity index (χ4v) is 4.72. The second kappa shape index (κ2) is 10.8. The number of carbonyl (C=O) groups excluding carboxylic acids is 1. The molecule has 6 nitrogen and oxygen atoms in total. The van der Waals surface area contributed by atoms with Crippen LogP contribution in [0, 0.1) is 6.92 Å². The molecule has 4 rings (SSSR count). The van der Waals surface area contributed by atoms with Crippen LogP contribution in [0.4, 0.5) is 5.69 Å². The van der Waals surface area contributed by atoms with Gasteiger partial charge in [0.2, 0.25) is 5.91 Å². The summed E-state index contributed by atoms with van der Waals surface area (Å²) in [5.41, 5.74) is 5.37. The van der Waals surface area contributed by atoms with Crippen molar-refractivity contribution in [2.75, 3.05) is 18.6 Å². The molecular weight excluding hydrogens is 438 g/mol. The average molecular weight is 472 g/mol. The van der Waals surface area contributed by atoms with Gasteiger partial charge < -0.3 is 19.3 Å². The Hall–Kier alpha value is -3.48. The quantitative estimate of drug-likeness (QED) is 0.371. The molecule has 0 aliphatic heterocycles. The third-order valence-electron chi connectivity index (χ3n) is 6.40. The number of aliphatic hydroxyl groups is 1. The highest BCUT2D eigenvalue weighted by Gasteiger charge is 2.28. The Balaban J connectivity index is 1.80. The lowest BCUT2D eigenvalue weighted by Gasteiger charge is -2.32. The van der Waals surface area contributed by atoms with Crippen LogP contribution in [0.1, 0.15) is 42.5 Å². The van der Waals surface area contributed by atoms with Gasteiger partial charge in [0.05, 0.1) is 29.4 Å². The fourth-order valence-electron chi connectivity index (χ4n) is 4.72. The van der Waals surface area contributed by atoms with Crippen molar-refractivity contribution in [3.8, 4) is 0 Å². The standard InChI is InChI=1S/C29H33N3O3/c1-5-22-15-11-12-20(2)27(22)32(21(3)19-35-4)26(33)18-31-25-17-10-9-16-24(25)30-29(31)28(34)23-13-7-6-8-14-23/h6-17,21,28,34H,5,18-19H2,1-4H3/t21-,28-/m0/s1. The number of nitrogens with zero attached hydrogens (tertiary/aromatic N) is 3. The maximum Gasteiger partial charge on any atom is 0.247 e. The number of anilines is 1. The lowest BCUT2D eigenvalue weighted by atomic mass is 10.0. The van der Waals surface area contributed by atoms with Gasteiger partial charge in [-0.15, -0.1) is 0 Å². The first-order chi connectivity index (χ1) is 17.0. The number of para-hydroxylation sites is 3. The highest BCUT2D eigenvalue weighted by Crippen LogP contribution is 2.30. The van der Waals surface area contributed by atoms with Crippen molar-refractivity contribution in [2.45, 2.75) is 45.9 Å². The minimum atomic E-state index is -0.953. The van der Waals surface area contributed by atoms with Gasteiger partial charge in [0, 0.05) is 7.11 Å². The van der Waals surface area contributed by atoms with Crippen molar-refractivity contribution in [3.63, 3.8) is 0 Å². The van der Waals surface area contributed by atoms with Crippen molar-refractivity contribution in [3.05, 3.63) is 95.3 Å². The van der Waals surface area contributed by atoms with Gasteiger partial charge in [-0.25, -0.2) is 4.98 Å². The van der Waals surface area contributed by atoms with Crippen molar-refractivity contribution in [2.24, 2.45) is 0 Å². The molecule has 4 aromatic rings. The van der Waals surface area contributed by atoms with Crippen LogP contribution in [0.25, 0.3) is 11.0 Å². The largest absolute Gasteiger partial charge is 0.383 e. The van der Waals surface area contributed by atoms with E-state index < -0.39 is 6.10 Å². The number of aromatic nitrogens is 2. The fraction of sp³-hybridized carbons (Fsp3) is 0.310. The molecule has 35 heavy (non-hydrogen) atoms. The first kappa shape index (κ1) is 24.6. The molecule has 0 spiro atoms. The zero-order chi connectivity index (χ0) is 24.9. The van der Waals surface area contributed by atoms with Crippen LogP contribution in [-0.2, 0) is 22.5 Å². The number of aliphatic hydroxyl groups excluding tert-OH is 1. The summed E-state index contributed by atoms with van der Waals surface area (Å²) in [6.45, 7) is 6.59. The van der Waals surface area contributed by atoms with E-state index in [1.54, 1.807) is 7.11 Å². The number of methoxy groups -OCH3 is 1. The molecule has 0 fully saturated rings. The Morgan fingerprint density at radius 2 is 1.77 bits per heavy atom. The molecule has 1 aromatic heterocycles. The molecule has 1 amide bonds. The Bertz CT molecular complexity index is 1300. The Morgan fingerprint density at radius 1 is 1.06 bits per heavy atom. The van der Waals surface area contributed by atoms with E-state index in [9.17, 15) is 9.90 Å². The van der Waals surface area contributed by atoms with Crippen LogP contribution < -0.4 is 4.90 Å². The molecule has 182 valence electrons. The Kier molecular flexibility index (Phi) is 7.63. The summed E-state index contributed by atoms with van der Waals surface area (Å²) in [7, 11) is 1.65. The topological polar surface area (TPSA) is 67.6 Å². The number of amides is 1. The maximum absolute atomic E-state index is 14.0. The number of ether oxygens (including phenoxy) is 1. The summed E-state index contributed by atoms with van der Waals surface area (Å²) in [5.74, 6) is 0.369. The van der Waals surface area contributed by atoms with Gasteiger partial charge >= 0.3 is 0 Å². The summed E-state index contributed by atoms with van der Waals surface area (Å²) < 4.78 is 7.28. The van der Waals surface area contributed by atoms with Gasteiger partial charge in [-0.2, -0.15) is 0 Å². The molecule has 6 heteroatoms. The van der Waals surface area contributed by atoms with Crippen LogP contribution in [0.5, 0.6) is 0 Å². The number of carbonyl (C=O) groups is 1. The Morgan fingerprint density at radius 3 is 2.49 bits per heavy atom. The maximum atomic E-state index is 14.0.